The Balaban J connectivity index is 2.56. The molecule has 0 unspecified atom stereocenters. The van der Waals surface area contributed by atoms with Crippen LogP contribution in [0.5, 0.6) is 0 Å². The second-order valence-corrected chi connectivity index (χ2v) is 2.71. The van der Waals surface area contributed by atoms with Gasteiger partial charge in [-0.3, -0.25) is 0 Å². The lowest BCUT2D eigenvalue weighted by molar-refractivity contribution is 1.18. The minimum absolute atomic E-state index is 1.16. The predicted octanol–water partition coefficient (Wildman–Crippen LogP) is 3.23. The highest BCUT2D eigenvalue weighted by molar-refractivity contribution is 5.27. The van der Waals surface area contributed by atoms with Crippen molar-refractivity contribution < 1.29 is 0 Å². The molecule has 0 amide bonds. The molecule has 1 rings (SSSR count). The van der Waals surface area contributed by atoms with Gasteiger partial charge in [0, 0.05) is 0 Å². The van der Waals surface area contributed by atoms with Gasteiger partial charge in [-0.25, -0.2) is 0 Å². The minimum Gasteiger partial charge on any atom is -0.0847 e. The van der Waals surface area contributed by atoms with Crippen LogP contribution in [0, 0.1) is 0 Å². The van der Waals surface area contributed by atoms with Crippen molar-refractivity contribution in [2.24, 2.45) is 0 Å². The summed E-state index contributed by atoms with van der Waals surface area (Å²) in [5, 5.41) is 0. The molecule has 0 aromatic rings. The van der Waals surface area contributed by atoms with Crippen LogP contribution in [0.25, 0.3) is 0 Å². The zero-order valence-electron chi connectivity index (χ0n) is 6.72. The Labute approximate surface area is 62.9 Å². The van der Waals surface area contributed by atoms with Gasteiger partial charge in [-0.05, 0) is 26.7 Å². The van der Waals surface area contributed by atoms with Crippen LogP contribution in [-0.2, 0) is 0 Å². The van der Waals surface area contributed by atoms with Gasteiger partial charge in [0.1, 0.15) is 0 Å². The molecular formula is C10H14. The van der Waals surface area contributed by atoms with Crippen molar-refractivity contribution in [1.82, 2.24) is 0 Å². The highest BCUT2D eigenvalue weighted by atomic mass is 14.0. The first-order valence-electron chi connectivity index (χ1n) is 3.80. The molecule has 0 saturated carbocycles. The number of hydrogen-bond acceptors (Lipinski definition) is 0. The van der Waals surface area contributed by atoms with Gasteiger partial charge in [-0.1, -0.05) is 35.5 Å². The molecule has 0 aliphatic heterocycles. The van der Waals surface area contributed by atoms with Crippen molar-refractivity contribution >= 4 is 0 Å². The van der Waals surface area contributed by atoms with Gasteiger partial charge < -0.3 is 0 Å². The van der Waals surface area contributed by atoms with Crippen molar-refractivity contribution in [2.45, 2.75) is 26.7 Å². The summed E-state index contributed by atoms with van der Waals surface area (Å²) in [5.41, 5.74) is 2.91. The average Bonchev–Trinajstić information content (AvgIpc) is 2.40. The molecule has 0 nitrogen and oxygen atoms in total. The first kappa shape index (κ1) is 7.33. The Kier molecular flexibility index (Phi) is 2.49. The molecule has 0 aromatic carbocycles. The summed E-state index contributed by atoms with van der Waals surface area (Å²) in [6.07, 6.45) is 11.2. The Hall–Kier alpha value is -0.780. The molecule has 54 valence electrons. The normalized spacial score (nSPS) is 18.2. The Morgan fingerprint density at radius 1 is 1.40 bits per heavy atom. The van der Waals surface area contributed by atoms with E-state index in [4.69, 9.17) is 0 Å². The van der Waals surface area contributed by atoms with E-state index in [0.29, 0.717) is 0 Å². The third-order valence-electron chi connectivity index (χ3n) is 1.81. The van der Waals surface area contributed by atoms with Crippen LogP contribution < -0.4 is 0 Å². The fourth-order valence-corrected chi connectivity index (χ4v) is 1.08. The maximum atomic E-state index is 2.28. The van der Waals surface area contributed by atoms with Crippen molar-refractivity contribution in [3.05, 3.63) is 35.5 Å². The molecule has 0 spiro atoms. The van der Waals surface area contributed by atoms with Gasteiger partial charge in [0.05, 0.1) is 0 Å². The van der Waals surface area contributed by atoms with Crippen LogP contribution in [0.1, 0.15) is 26.7 Å². The maximum Gasteiger partial charge on any atom is -0.0132 e. The minimum atomic E-state index is 1.16. The summed E-state index contributed by atoms with van der Waals surface area (Å²) in [6, 6.07) is 0. The number of allylic oxidation sites excluding steroid dienone is 6. The summed E-state index contributed by atoms with van der Waals surface area (Å²) in [4.78, 5) is 0. The Morgan fingerprint density at radius 2 is 2.00 bits per heavy atom. The Bertz CT molecular complexity index is 182. The molecular weight excluding hydrogens is 120 g/mol. The van der Waals surface area contributed by atoms with Crippen LogP contribution in [0.2, 0.25) is 0 Å². The van der Waals surface area contributed by atoms with Gasteiger partial charge >= 0.3 is 0 Å². The molecule has 0 heteroatoms. The molecule has 0 N–H and O–H groups in total. The van der Waals surface area contributed by atoms with Gasteiger partial charge in [0.15, 0.2) is 0 Å². The van der Waals surface area contributed by atoms with Crippen molar-refractivity contribution in [3.63, 3.8) is 0 Å². The SMILES string of the molecule is C/C=C(/C)C=C1CC=CC1. The fourth-order valence-electron chi connectivity index (χ4n) is 1.08. The Morgan fingerprint density at radius 3 is 2.50 bits per heavy atom. The summed E-state index contributed by atoms with van der Waals surface area (Å²) >= 11 is 0. The van der Waals surface area contributed by atoms with Crippen molar-refractivity contribution in [2.75, 3.05) is 0 Å². The highest BCUT2D eigenvalue weighted by Gasteiger charge is 1.97. The zero-order chi connectivity index (χ0) is 7.40. The van der Waals surface area contributed by atoms with E-state index in [1.54, 1.807) is 0 Å². The van der Waals surface area contributed by atoms with E-state index in [1.165, 1.54) is 11.1 Å². The molecule has 1 aliphatic carbocycles. The van der Waals surface area contributed by atoms with E-state index >= 15 is 0 Å². The fraction of sp³-hybridized carbons (Fsp3) is 0.400. The van der Waals surface area contributed by atoms with Crippen molar-refractivity contribution in [3.8, 4) is 0 Å². The van der Waals surface area contributed by atoms with E-state index in [1.807, 2.05) is 0 Å². The first-order valence-corrected chi connectivity index (χ1v) is 3.80. The van der Waals surface area contributed by atoms with Crippen LogP contribution in [0.3, 0.4) is 0 Å². The summed E-state index contributed by atoms with van der Waals surface area (Å²) < 4.78 is 0. The van der Waals surface area contributed by atoms with Gasteiger partial charge in [0.25, 0.3) is 0 Å². The number of hydrogen-bond donors (Lipinski definition) is 0. The smallest absolute Gasteiger partial charge is 0.0132 e. The van der Waals surface area contributed by atoms with Crippen molar-refractivity contribution in [1.29, 1.82) is 0 Å². The molecule has 0 atom stereocenters. The maximum absolute atomic E-state index is 2.28. The molecule has 0 aromatic heterocycles. The standard InChI is InChI=1S/C10H14/c1-3-9(2)8-10-6-4-5-7-10/h3-5,8H,6-7H2,1-2H3/b9-3-. The second kappa shape index (κ2) is 3.40. The molecule has 0 fully saturated rings. The van der Waals surface area contributed by atoms with E-state index in [2.05, 4.69) is 38.2 Å². The van der Waals surface area contributed by atoms with Crippen LogP contribution >= 0.6 is 0 Å². The molecule has 10 heavy (non-hydrogen) atoms. The molecule has 0 radical (unpaired) electrons. The lowest BCUT2D eigenvalue weighted by atomic mass is 10.1. The van der Waals surface area contributed by atoms with Gasteiger partial charge in [-0.15, -0.1) is 0 Å². The van der Waals surface area contributed by atoms with E-state index in [9.17, 15) is 0 Å². The molecule has 0 saturated heterocycles. The second-order valence-electron chi connectivity index (χ2n) is 2.71. The predicted molar refractivity (Wildman–Crippen MR) is 45.9 cm³/mol. The quantitative estimate of drug-likeness (QED) is 0.483. The largest absolute Gasteiger partial charge is 0.0847 e. The first-order chi connectivity index (χ1) is 4.83. The third-order valence-corrected chi connectivity index (χ3v) is 1.81. The number of rotatable bonds is 1. The van der Waals surface area contributed by atoms with Crippen LogP contribution in [0.4, 0.5) is 0 Å². The summed E-state index contributed by atoms with van der Waals surface area (Å²) in [7, 11) is 0. The van der Waals surface area contributed by atoms with E-state index in [-0.39, 0.29) is 0 Å². The lowest BCUT2D eigenvalue weighted by Crippen LogP contribution is -1.74. The van der Waals surface area contributed by atoms with Gasteiger partial charge in [-0.2, -0.15) is 0 Å². The zero-order valence-corrected chi connectivity index (χ0v) is 6.72. The van der Waals surface area contributed by atoms with E-state index in [0.717, 1.165) is 12.8 Å². The monoisotopic (exact) mass is 134 g/mol. The average molecular weight is 134 g/mol. The highest BCUT2D eigenvalue weighted by Crippen LogP contribution is 2.17. The van der Waals surface area contributed by atoms with Gasteiger partial charge in [0.2, 0.25) is 0 Å². The molecule has 0 bridgehead atoms. The molecule has 1 aliphatic rings. The van der Waals surface area contributed by atoms with Crippen LogP contribution in [-0.4, -0.2) is 0 Å². The third kappa shape index (κ3) is 1.87. The topological polar surface area (TPSA) is 0 Å². The van der Waals surface area contributed by atoms with Crippen LogP contribution in [0.15, 0.2) is 35.5 Å². The molecule has 0 heterocycles. The summed E-state index contributed by atoms with van der Waals surface area (Å²) in [6.45, 7) is 4.22. The summed E-state index contributed by atoms with van der Waals surface area (Å²) in [5.74, 6) is 0. The van der Waals surface area contributed by atoms with E-state index < -0.39 is 0 Å². The lowest BCUT2D eigenvalue weighted by Gasteiger charge is -1.94.